The van der Waals surface area contributed by atoms with Crippen LogP contribution in [0.3, 0.4) is 0 Å². The monoisotopic (exact) mass is 289 g/mol. The maximum Gasteiger partial charge on any atom is 0.0587 e. The van der Waals surface area contributed by atoms with Gasteiger partial charge in [0, 0.05) is 12.1 Å². The molecule has 0 heterocycles. The zero-order valence-electron chi connectivity index (χ0n) is 13.6. The Morgan fingerprint density at radius 3 is 2.52 bits per heavy atom. The van der Waals surface area contributed by atoms with Crippen LogP contribution in [-0.2, 0) is 6.42 Å². The molecule has 2 nitrogen and oxygen atoms in total. The first-order valence-electron chi connectivity index (χ1n) is 8.60. The van der Waals surface area contributed by atoms with Crippen LogP contribution in [0.5, 0.6) is 0 Å². The van der Waals surface area contributed by atoms with Gasteiger partial charge < -0.3 is 10.4 Å². The van der Waals surface area contributed by atoms with Gasteiger partial charge in [0.2, 0.25) is 0 Å². The Morgan fingerprint density at radius 1 is 1.10 bits per heavy atom. The second-order valence-corrected chi connectivity index (χ2v) is 6.95. The van der Waals surface area contributed by atoms with Crippen LogP contribution in [0.25, 0.3) is 0 Å². The SMILES string of the molecule is CC(C)C1CCCC(NC(CO)Cc2ccccc2)CC1. The number of hydrogen-bond donors (Lipinski definition) is 2. The molecule has 1 aliphatic rings. The van der Waals surface area contributed by atoms with Crippen LogP contribution in [0.4, 0.5) is 0 Å². The first-order chi connectivity index (χ1) is 10.2. The van der Waals surface area contributed by atoms with Gasteiger partial charge in [0.05, 0.1) is 6.61 Å². The van der Waals surface area contributed by atoms with Gasteiger partial charge in [-0.15, -0.1) is 0 Å². The van der Waals surface area contributed by atoms with E-state index in [1.54, 1.807) is 0 Å². The molecule has 21 heavy (non-hydrogen) atoms. The molecule has 0 amide bonds. The van der Waals surface area contributed by atoms with Crippen molar-refractivity contribution in [1.82, 2.24) is 5.32 Å². The molecule has 118 valence electrons. The van der Waals surface area contributed by atoms with Gasteiger partial charge in [-0.3, -0.25) is 0 Å². The van der Waals surface area contributed by atoms with Crippen molar-refractivity contribution in [1.29, 1.82) is 0 Å². The molecule has 0 aliphatic heterocycles. The first kappa shape index (κ1) is 16.5. The van der Waals surface area contributed by atoms with Crippen LogP contribution in [0.15, 0.2) is 30.3 Å². The fourth-order valence-electron chi connectivity index (χ4n) is 3.57. The molecule has 2 N–H and O–H groups in total. The van der Waals surface area contributed by atoms with E-state index in [1.165, 1.54) is 37.7 Å². The Morgan fingerprint density at radius 2 is 1.86 bits per heavy atom. The molecule has 3 atom stereocenters. The normalized spacial score (nSPS) is 24.8. The lowest BCUT2D eigenvalue weighted by atomic mass is 9.89. The summed E-state index contributed by atoms with van der Waals surface area (Å²) in [5, 5.41) is 13.4. The number of aliphatic hydroxyl groups is 1. The summed E-state index contributed by atoms with van der Waals surface area (Å²) in [6, 6.07) is 11.2. The van der Waals surface area contributed by atoms with E-state index in [4.69, 9.17) is 0 Å². The predicted octanol–water partition coefficient (Wildman–Crippen LogP) is 3.78. The molecular weight excluding hydrogens is 258 g/mol. The van der Waals surface area contributed by atoms with Crippen LogP contribution in [0, 0.1) is 11.8 Å². The number of hydrogen-bond acceptors (Lipinski definition) is 2. The zero-order valence-corrected chi connectivity index (χ0v) is 13.6. The molecule has 1 saturated carbocycles. The lowest BCUT2D eigenvalue weighted by Gasteiger charge is -2.24. The van der Waals surface area contributed by atoms with Crippen molar-refractivity contribution in [3.8, 4) is 0 Å². The van der Waals surface area contributed by atoms with Gasteiger partial charge in [-0.05, 0) is 43.1 Å². The molecule has 3 unspecified atom stereocenters. The van der Waals surface area contributed by atoms with E-state index in [2.05, 4.69) is 43.4 Å². The van der Waals surface area contributed by atoms with Crippen LogP contribution in [-0.4, -0.2) is 23.8 Å². The number of rotatable bonds is 6. The lowest BCUT2D eigenvalue weighted by molar-refractivity contribution is 0.224. The van der Waals surface area contributed by atoms with Crippen molar-refractivity contribution in [2.45, 2.75) is 64.5 Å². The fourth-order valence-corrected chi connectivity index (χ4v) is 3.57. The predicted molar refractivity (Wildman–Crippen MR) is 89.4 cm³/mol. The Labute approximate surface area is 130 Å². The van der Waals surface area contributed by atoms with E-state index in [1.807, 2.05) is 6.07 Å². The smallest absolute Gasteiger partial charge is 0.0587 e. The second-order valence-electron chi connectivity index (χ2n) is 6.95. The van der Waals surface area contributed by atoms with Crippen molar-refractivity contribution in [2.24, 2.45) is 11.8 Å². The third-order valence-electron chi connectivity index (χ3n) is 4.97. The molecule has 0 bridgehead atoms. The van der Waals surface area contributed by atoms with Crippen LogP contribution in [0.1, 0.15) is 51.5 Å². The highest BCUT2D eigenvalue weighted by Gasteiger charge is 2.22. The summed E-state index contributed by atoms with van der Waals surface area (Å²) in [6.07, 6.45) is 7.46. The summed E-state index contributed by atoms with van der Waals surface area (Å²) in [5.41, 5.74) is 1.30. The van der Waals surface area contributed by atoms with E-state index in [-0.39, 0.29) is 12.6 Å². The molecule has 0 saturated heterocycles. The Hall–Kier alpha value is -0.860. The van der Waals surface area contributed by atoms with Gasteiger partial charge in [-0.2, -0.15) is 0 Å². The number of benzene rings is 1. The highest BCUT2D eigenvalue weighted by molar-refractivity contribution is 5.16. The Bertz CT molecular complexity index is 390. The van der Waals surface area contributed by atoms with Crippen molar-refractivity contribution >= 4 is 0 Å². The Balaban J connectivity index is 1.84. The summed E-state index contributed by atoms with van der Waals surface area (Å²) in [5.74, 6) is 1.69. The average molecular weight is 289 g/mol. The molecular formula is C19H31NO. The van der Waals surface area contributed by atoms with E-state index >= 15 is 0 Å². The van der Waals surface area contributed by atoms with Gasteiger partial charge in [-0.1, -0.05) is 57.0 Å². The van der Waals surface area contributed by atoms with Crippen LogP contribution >= 0.6 is 0 Å². The largest absolute Gasteiger partial charge is 0.395 e. The molecule has 0 aromatic heterocycles. The minimum Gasteiger partial charge on any atom is -0.395 e. The molecule has 2 rings (SSSR count). The molecule has 1 fully saturated rings. The minimum absolute atomic E-state index is 0.188. The summed E-state index contributed by atoms with van der Waals surface area (Å²) in [6.45, 7) is 4.92. The minimum atomic E-state index is 0.188. The third kappa shape index (κ3) is 5.44. The van der Waals surface area contributed by atoms with Gasteiger partial charge >= 0.3 is 0 Å². The second kappa shape index (κ2) is 8.55. The topological polar surface area (TPSA) is 32.3 Å². The molecule has 0 radical (unpaired) electrons. The Kier molecular flexibility index (Phi) is 6.72. The van der Waals surface area contributed by atoms with Crippen LogP contribution in [0.2, 0.25) is 0 Å². The van der Waals surface area contributed by atoms with Crippen molar-refractivity contribution in [2.75, 3.05) is 6.61 Å². The lowest BCUT2D eigenvalue weighted by Crippen LogP contribution is -2.41. The fraction of sp³-hybridized carbons (Fsp3) is 0.684. The average Bonchev–Trinajstić information content (AvgIpc) is 2.73. The molecule has 1 aliphatic carbocycles. The van der Waals surface area contributed by atoms with E-state index in [9.17, 15) is 5.11 Å². The van der Waals surface area contributed by atoms with Gasteiger partial charge in [0.15, 0.2) is 0 Å². The van der Waals surface area contributed by atoms with Crippen molar-refractivity contribution in [3.05, 3.63) is 35.9 Å². The van der Waals surface area contributed by atoms with Gasteiger partial charge in [0.1, 0.15) is 0 Å². The highest BCUT2D eigenvalue weighted by Crippen LogP contribution is 2.29. The van der Waals surface area contributed by atoms with Crippen molar-refractivity contribution < 1.29 is 5.11 Å². The van der Waals surface area contributed by atoms with Crippen LogP contribution < -0.4 is 5.32 Å². The zero-order chi connectivity index (χ0) is 15.1. The standard InChI is InChI=1S/C19H31NO/c1-15(2)17-9-6-10-18(12-11-17)20-19(14-21)13-16-7-4-3-5-8-16/h3-5,7-8,15,17-21H,6,9-14H2,1-2H3. The maximum atomic E-state index is 9.67. The first-order valence-corrected chi connectivity index (χ1v) is 8.60. The van der Waals surface area contributed by atoms with Gasteiger partial charge in [-0.25, -0.2) is 0 Å². The maximum absolute atomic E-state index is 9.67. The van der Waals surface area contributed by atoms with E-state index in [0.29, 0.717) is 6.04 Å². The summed E-state index contributed by atoms with van der Waals surface area (Å²) < 4.78 is 0. The van der Waals surface area contributed by atoms with E-state index < -0.39 is 0 Å². The molecule has 1 aromatic rings. The molecule has 2 heteroatoms. The highest BCUT2D eigenvalue weighted by atomic mass is 16.3. The summed E-state index contributed by atoms with van der Waals surface area (Å²) in [7, 11) is 0. The number of nitrogens with one attached hydrogen (secondary N) is 1. The number of aliphatic hydroxyl groups excluding tert-OH is 1. The van der Waals surface area contributed by atoms with Gasteiger partial charge in [0.25, 0.3) is 0 Å². The molecule has 1 aromatic carbocycles. The quantitative estimate of drug-likeness (QED) is 0.781. The molecule has 0 spiro atoms. The summed E-state index contributed by atoms with van der Waals surface area (Å²) in [4.78, 5) is 0. The summed E-state index contributed by atoms with van der Waals surface area (Å²) >= 11 is 0. The van der Waals surface area contributed by atoms with Crippen molar-refractivity contribution in [3.63, 3.8) is 0 Å². The van der Waals surface area contributed by atoms with E-state index in [0.717, 1.165) is 18.3 Å². The third-order valence-corrected chi connectivity index (χ3v) is 4.97.